The Bertz CT molecular complexity index is 3390. The van der Waals surface area contributed by atoms with E-state index >= 15 is 0 Å². The van der Waals surface area contributed by atoms with E-state index in [1.807, 2.05) is 0 Å². The molecule has 3 heterocycles. The van der Waals surface area contributed by atoms with Crippen molar-refractivity contribution in [2.75, 3.05) is 0 Å². The number of nitrogens with zero attached hydrogens (tertiary/aromatic N) is 3. The molecule has 0 bridgehead atoms. The minimum Gasteiger partial charge on any atom is -0.309 e. The molecule has 0 saturated carbocycles. The van der Waals surface area contributed by atoms with Crippen LogP contribution < -0.4 is 0 Å². The summed E-state index contributed by atoms with van der Waals surface area (Å²) in [4.78, 5) is 5.30. The van der Waals surface area contributed by atoms with Crippen LogP contribution in [-0.4, -0.2) is 14.1 Å². The molecule has 0 atom stereocenters. The first-order chi connectivity index (χ1) is 29.0. The van der Waals surface area contributed by atoms with Crippen molar-refractivity contribution in [2.24, 2.45) is 0 Å². The van der Waals surface area contributed by atoms with Crippen LogP contribution in [0.3, 0.4) is 0 Å². The zero-order valence-corrected chi connectivity index (χ0v) is 32.9. The highest BCUT2D eigenvalue weighted by Gasteiger charge is 2.39. The van der Waals surface area contributed by atoms with E-state index in [-0.39, 0.29) is 5.41 Å². The first kappa shape index (κ1) is 33.6. The summed E-state index contributed by atoms with van der Waals surface area (Å²) < 4.78 is 4.93. The Morgan fingerprint density at radius 3 is 1.64 bits per heavy atom. The highest BCUT2D eigenvalue weighted by molar-refractivity contribution is 6.22. The van der Waals surface area contributed by atoms with E-state index in [1.165, 1.54) is 77.0 Å². The normalized spacial score (nSPS) is 13.1. The molecule has 3 nitrogen and oxygen atoms in total. The number of hydrogen-bond acceptors (Lipinski definition) is 1. The summed E-state index contributed by atoms with van der Waals surface area (Å²) in [5.41, 5.74) is 18.7. The van der Waals surface area contributed by atoms with Crippen molar-refractivity contribution in [3.8, 4) is 56.1 Å². The lowest BCUT2D eigenvalue weighted by molar-refractivity contribution is 0.661. The molecule has 278 valence electrons. The number of benzene rings is 8. The predicted octanol–water partition coefficient (Wildman–Crippen LogP) is 14.6. The summed E-state index contributed by atoms with van der Waals surface area (Å²) in [5.74, 6) is 0. The summed E-state index contributed by atoms with van der Waals surface area (Å²) in [6.07, 6.45) is 0. The average Bonchev–Trinajstić information content (AvgIpc) is 3.90. The largest absolute Gasteiger partial charge is 0.309 e. The molecule has 3 heteroatoms. The Morgan fingerprint density at radius 2 is 0.949 bits per heavy atom. The van der Waals surface area contributed by atoms with Gasteiger partial charge < -0.3 is 9.13 Å². The van der Waals surface area contributed by atoms with Gasteiger partial charge in [-0.15, -0.1) is 0 Å². The monoisotopic (exact) mass is 753 g/mol. The van der Waals surface area contributed by atoms with Gasteiger partial charge in [-0.2, -0.15) is 0 Å². The molecule has 0 spiro atoms. The van der Waals surface area contributed by atoms with Gasteiger partial charge in [0.15, 0.2) is 0 Å². The Labute approximate surface area is 343 Å². The smallest absolute Gasteiger partial charge is 0.0730 e. The molecule has 0 unspecified atom stereocenters. The van der Waals surface area contributed by atoms with Crippen molar-refractivity contribution in [1.82, 2.24) is 14.1 Å². The van der Waals surface area contributed by atoms with Crippen molar-refractivity contribution in [2.45, 2.75) is 19.3 Å². The second-order valence-corrected chi connectivity index (χ2v) is 16.3. The molecule has 0 N–H and O–H groups in total. The van der Waals surface area contributed by atoms with Gasteiger partial charge >= 0.3 is 0 Å². The quantitative estimate of drug-likeness (QED) is 0.172. The third kappa shape index (κ3) is 4.98. The lowest BCUT2D eigenvalue weighted by atomic mass is 9.81. The fourth-order valence-electron chi connectivity index (χ4n) is 9.97. The maximum absolute atomic E-state index is 5.30. The van der Waals surface area contributed by atoms with Crippen LogP contribution >= 0.6 is 0 Å². The van der Waals surface area contributed by atoms with E-state index in [1.54, 1.807) is 0 Å². The van der Waals surface area contributed by atoms with Gasteiger partial charge in [-0.1, -0.05) is 159 Å². The molecule has 0 fully saturated rings. The number of rotatable bonds is 5. The van der Waals surface area contributed by atoms with Gasteiger partial charge in [-0.25, -0.2) is 4.98 Å². The number of hydrogen-bond donors (Lipinski definition) is 0. The molecule has 0 amide bonds. The minimum atomic E-state index is -0.216. The maximum Gasteiger partial charge on any atom is 0.0730 e. The first-order valence-corrected chi connectivity index (χ1v) is 20.5. The van der Waals surface area contributed by atoms with Crippen LogP contribution in [0.15, 0.2) is 200 Å². The third-order valence-electron chi connectivity index (χ3n) is 12.7. The van der Waals surface area contributed by atoms with E-state index in [4.69, 9.17) is 4.98 Å². The van der Waals surface area contributed by atoms with Crippen LogP contribution in [0.4, 0.5) is 0 Å². The zero-order chi connectivity index (χ0) is 39.2. The van der Waals surface area contributed by atoms with E-state index in [2.05, 4.69) is 223 Å². The van der Waals surface area contributed by atoms with E-state index in [0.29, 0.717) is 0 Å². The molecule has 59 heavy (non-hydrogen) atoms. The van der Waals surface area contributed by atoms with Crippen molar-refractivity contribution in [3.05, 3.63) is 211 Å². The molecule has 0 aliphatic heterocycles. The third-order valence-corrected chi connectivity index (χ3v) is 12.7. The van der Waals surface area contributed by atoms with Gasteiger partial charge in [0.25, 0.3) is 0 Å². The Balaban J connectivity index is 1.22. The number of fused-ring (bicyclic) bond motifs is 10. The van der Waals surface area contributed by atoms with Gasteiger partial charge in [0.2, 0.25) is 0 Å². The second-order valence-electron chi connectivity index (χ2n) is 16.3. The van der Waals surface area contributed by atoms with Crippen LogP contribution in [0.25, 0.3) is 99.8 Å². The van der Waals surface area contributed by atoms with Crippen molar-refractivity contribution < 1.29 is 0 Å². The average molecular weight is 754 g/mol. The van der Waals surface area contributed by atoms with Crippen molar-refractivity contribution in [1.29, 1.82) is 0 Å². The van der Waals surface area contributed by atoms with E-state index in [9.17, 15) is 0 Å². The summed E-state index contributed by atoms with van der Waals surface area (Å²) in [6.45, 7) is 4.79. The lowest BCUT2D eigenvalue weighted by Crippen LogP contribution is -2.15. The maximum atomic E-state index is 5.30. The number of para-hydroxylation sites is 3. The van der Waals surface area contributed by atoms with Gasteiger partial charge in [-0.3, -0.25) is 0 Å². The Hall–Kier alpha value is -7.49. The van der Waals surface area contributed by atoms with Crippen LogP contribution in [-0.2, 0) is 5.41 Å². The topological polar surface area (TPSA) is 22.8 Å². The molecule has 3 aromatic heterocycles. The van der Waals surface area contributed by atoms with Crippen LogP contribution in [0.2, 0.25) is 0 Å². The van der Waals surface area contributed by atoms with Gasteiger partial charge in [0.1, 0.15) is 0 Å². The van der Waals surface area contributed by atoms with Crippen LogP contribution in [0.5, 0.6) is 0 Å². The van der Waals surface area contributed by atoms with Crippen LogP contribution in [0.1, 0.15) is 25.0 Å². The lowest BCUT2D eigenvalue weighted by Gasteiger charge is -2.23. The number of aromatic nitrogens is 3. The number of pyridine rings is 1. The molecule has 1 aliphatic carbocycles. The fraction of sp³-hybridized carbons (Fsp3) is 0.0536. The Morgan fingerprint density at radius 1 is 0.390 bits per heavy atom. The van der Waals surface area contributed by atoms with Crippen LogP contribution in [0, 0.1) is 0 Å². The second kappa shape index (κ2) is 12.8. The Kier molecular flexibility index (Phi) is 7.27. The molecular formula is C56H39N3. The summed E-state index contributed by atoms with van der Waals surface area (Å²) in [7, 11) is 0. The first-order valence-electron chi connectivity index (χ1n) is 20.5. The van der Waals surface area contributed by atoms with E-state index in [0.717, 1.165) is 33.9 Å². The highest BCUT2D eigenvalue weighted by atomic mass is 15.0. The molecule has 0 saturated heterocycles. The molecule has 11 aromatic rings. The molecule has 12 rings (SSSR count). The summed E-state index contributed by atoms with van der Waals surface area (Å²) in [6, 6.07) is 72.9. The summed E-state index contributed by atoms with van der Waals surface area (Å²) >= 11 is 0. The predicted molar refractivity (Wildman–Crippen MR) is 247 cm³/mol. The SMILES string of the molecule is CC1(C)c2ccccc2-c2c1cc(-c1ccc3c(c1)c1ccccc1n3-c1ccccc1)c1c3ccccc3n(-c3cc(-c4ccccc4)nc(-c4ccccc4)c3)c21. The molecule has 8 aromatic carbocycles. The molecule has 0 radical (unpaired) electrons. The molecular weight excluding hydrogens is 715 g/mol. The van der Waals surface area contributed by atoms with Gasteiger partial charge in [-0.05, 0) is 82.4 Å². The van der Waals surface area contributed by atoms with Crippen molar-refractivity contribution in [3.63, 3.8) is 0 Å². The zero-order valence-electron chi connectivity index (χ0n) is 32.9. The van der Waals surface area contributed by atoms with Crippen molar-refractivity contribution >= 4 is 43.6 Å². The minimum absolute atomic E-state index is 0.216. The summed E-state index contributed by atoms with van der Waals surface area (Å²) in [5, 5.41) is 4.99. The molecule has 1 aliphatic rings. The van der Waals surface area contributed by atoms with E-state index < -0.39 is 0 Å². The van der Waals surface area contributed by atoms with Gasteiger partial charge in [0.05, 0.1) is 39.1 Å². The fourth-order valence-corrected chi connectivity index (χ4v) is 9.97. The highest BCUT2D eigenvalue weighted by Crippen LogP contribution is 2.55. The standard InChI is InChI=1S/C56H39N3/c1-56(2)46-27-15-12-25-42(46)54-47(56)35-44(38-30-31-52-45(32-38)41-24-13-16-28-50(41)58(52)39-22-10-5-11-23-39)53-43-26-14-17-29-51(43)59(55(53)54)40-33-48(36-18-6-3-7-19-36)57-49(34-40)37-20-8-4-9-21-37/h3-35H,1-2H3. The van der Waals surface area contributed by atoms with Gasteiger partial charge in [0, 0.05) is 49.3 Å².